The van der Waals surface area contributed by atoms with Crippen molar-refractivity contribution < 1.29 is 36.8 Å². The highest BCUT2D eigenvalue weighted by Crippen LogP contribution is 2.30. The van der Waals surface area contributed by atoms with E-state index in [2.05, 4.69) is 20.4 Å². The molecule has 2 aromatic carbocycles. The number of nitrogens with zero attached hydrogens (tertiary/aromatic N) is 3. The van der Waals surface area contributed by atoms with Gasteiger partial charge in [0.05, 0.1) is 16.8 Å². The van der Waals surface area contributed by atoms with E-state index in [0.29, 0.717) is 39.5 Å². The third kappa shape index (κ3) is 5.81. The molecule has 3 heterocycles. The van der Waals surface area contributed by atoms with Gasteiger partial charge in [0.15, 0.2) is 5.58 Å². The fourth-order valence-corrected chi connectivity index (χ4v) is 3.17. The van der Waals surface area contributed by atoms with Crippen molar-refractivity contribution in [2.24, 2.45) is 0 Å². The Morgan fingerprint density at radius 2 is 1.76 bits per heavy atom. The number of hydrogen-bond donors (Lipinski definition) is 2. The molecule has 0 saturated carbocycles. The maximum absolute atomic E-state index is 12.7. The fraction of sp³-hybridized carbons (Fsp3) is 0.0800. The molecule has 12 heteroatoms. The van der Waals surface area contributed by atoms with E-state index in [9.17, 15) is 18.0 Å². The molecule has 188 valence electrons. The molecule has 5 aromatic rings. The van der Waals surface area contributed by atoms with Gasteiger partial charge in [-0.2, -0.15) is 13.2 Å². The zero-order valence-electron chi connectivity index (χ0n) is 19.0. The maximum atomic E-state index is 12.7. The molecule has 37 heavy (non-hydrogen) atoms. The number of oxazole rings is 1. The number of aryl methyl sites for hydroxylation is 1. The lowest BCUT2D eigenvalue weighted by Gasteiger charge is -2.07. The summed E-state index contributed by atoms with van der Waals surface area (Å²) in [5, 5.41) is 14.8. The molecule has 2 N–H and O–H groups in total. The molecule has 0 unspecified atom stereocenters. The van der Waals surface area contributed by atoms with Crippen LogP contribution in [0, 0.1) is 6.92 Å². The summed E-state index contributed by atoms with van der Waals surface area (Å²) < 4.78 is 42.8. The van der Waals surface area contributed by atoms with Crippen molar-refractivity contribution in [3.63, 3.8) is 0 Å². The molecule has 0 fully saturated rings. The van der Waals surface area contributed by atoms with Crippen LogP contribution in [-0.2, 0) is 4.79 Å². The lowest BCUT2D eigenvalue weighted by Crippen LogP contribution is -2.21. The van der Waals surface area contributed by atoms with Gasteiger partial charge in [0.1, 0.15) is 17.7 Å². The van der Waals surface area contributed by atoms with Gasteiger partial charge in [0.25, 0.3) is 5.91 Å². The Labute approximate surface area is 206 Å². The standard InChI is InChI=1S/C23H16N4O3.C2HF3O2/c1-14-18(8-5-11-24-14)25-22(28)16-9-10-20-17(12-16)21(27-30-20)19-13-29-23(26-19)15-6-3-2-4-7-15;3-2(4,5)1(6)7/h2-13H,1H3,(H,25,28);(H,6,7). The van der Waals surface area contributed by atoms with Gasteiger partial charge in [-0.1, -0.05) is 23.4 Å². The number of aromatic nitrogens is 3. The molecule has 0 bridgehead atoms. The largest absolute Gasteiger partial charge is 0.490 e. The lowest BCUT2D eigenvalue weighted by atomic mass is 10.1. The van der Waals surface area contributed by atoms with Crippen LogP contribution in [0.5, 0.6) is 0 Å². The van der Waals surface area contributed by atoms with Gasteiger partial charge >= 0.3 is 12.1 Å². The fourth-order valence-electron chi connectivity index (χ4n) is 3.17. The number of carbonyl (C=O) groups is 2. The number of anilines is 1. The number of aliphatic carboxylic acids is 1. The van der Waals surface area contributed by atoms with Crippen molar-refractivity contribution in [2.75, 3.05) is 5.32 Å². The van der Waals surface area contributed by atoms with Gasteiger partial charge in [-0.15, -0.1) is 0 Å². The molecule has 1 amide bonds. The smallest absolute Gasteiger partial charge is 0.475 e. The summed E-state index contributed by atoms with van der Waals surface area (Å²) >= 11 is 0. The zero-order chi connectivity index (χ0) is 26.6. The van der Waals surface area contributed by atoms with Gasteiger partial charge in [-0.3, -0.25) is 9.78 Å². The SMILES string of the molecule is Cc1ncccc1NC(=O)c1ccc2onc(-c3coc(-c4ccccc4)n3)c2c1.O=C(O)C(F)(F)F. The van der Waals surface area contributed by atoms with Crippen LogP contribution in [-0.4, -0.2) is 38.3 Å². The van der Waals surface area contributed by atoms with Crippen LogP contribution in [0.25, 0.3) is 33.8 Å². The number of hydrogen-bond acceptors (Lipinski definition) is 7. The Morgan fingerprint density at radius 1 is 1.03 bits per heavy atom. The lowest BCUT2D eigenvalue weighted by molar-refractivity contribution is -0.192. The quantitative estimate of drug-likeness (QED) is 0.313. The van der Waals surface area contributed by atoms with Gasteiger partial charge in [-0.25, -0.2) is 9.78 Å². The Bertz CT molecular complexity index is 1560. The van der Waals surface area contributed by atoms with E-state index in [4.69, 9.17) is 18.8 Å². The third-order valence-electron chi connectivity index (χ3n) is 5.00. The van der Waals surface area contributed by atoms with E-state index in [0.717, 1.165) is 11.3 Å². The summed E-state index contributed by atoms with van der Waals surface area (Å²) in [6.07, 6.45) is -1.87. The summed E-state index contributed by atoms with van der Waals surface area (Å²) in [5.41, 5.74) is 4.36. The second-order valence-corrected chi connectivity index (χ2v) is 7.54. The number of pyridine rings is 1. The third-order valence-corrected chi connectivity index (χ3v) is 5.00. The van der Waals surface area contributed by atoms with E-state index in [-0.39, 0.29) is 5.91 Å². The van der Waals surface area contributed by atoms with E-state index < -0.39 is 12.1 Å². The molecule has 0 saturated heterocycles. The molecule has 0 aliphatic carbocycles. The van der Waals surface area contributed by atoms with Crippen molar-refractivity contribution in [1.82, 2.24) is 15.1 Å². The van der Waals surface area contributed by atoms with E-state index >= 15 is 0 Å². The number of carbonyl (C=O) groups excluding carboxylic acids is 1. The van der Waals surface area contributed by atoms with Crippen molar-refractivity contribution >= 4 is 28.5 Å². The maximum Gasteiger partial charge on any atom is 0.490 e. The number of halogens is 3. The first-order valence-corrected chi connectivity index (χ1v) is 10.6. The second-order valence-electron chi connectivity index (χ2n) is 7.54. The van der Waals surface area contributed by atoms with Crippen LogP contribution in [0.4, 0.5) is 18.9 Å². The Balaban J connectivity index is 0.000000405. The highest BCUT2D eigenvalue weighted by atomic mass is 19.4. The molecular weight excluding hydrogens is 493 g/mol. The summed E-state index contributed by atoms with van der Waals surface area (Å²) in [7, 11) is 0. The number of rotatable bonds is 4. The van der Waals surface area contributed by atoms with Gasteiger partial charge in [0, 0.05) is 17.3 Å². The second kappa shape index (κ2) is 10.3. The predicted octanol–water partition coefficient (Wildman–Crippen LogP) is 5.74. The molecule has 0 aliphatic heterocycles. The van der Waals surface area contributed by atoms with Crippen LogP contribution < -0.4 is 5.32 Å². The number of fused-ring (bicyclic) bond motifs is 1. The number of amides is 1. The van der Waals surface area contributed by atoms with Crippen LogP contribution >= 0.6 is 0 Å². The molecule has 0 atom stereocenters. The molecule has 3 aromatic heterocycles. The minimum absolute atomic E-state index is 0.245. The van der Waals surface area contributed by atoms with Crippen LogP contribution in [0.3, 0.4) is 0 Å². The van der Waals surface area contributed by atoms with E-state index in [1.807, 2.05) is 43.3 Å². The van der Waals surface area contributed by atoms with Crippen molar-refractivity contribution in [3.05, 3.63) is 84.4 Å². The minimum Gasteiger partial charge on any atom is -0.475 e. The molecule has 0 aliphatic rings. The van der Waals surface area contributed by atoms with E-state index in [1.165, 1.54) is 6.26 Å². The number of nitrogens with one attached hydrogen (secondary N) is 1. The molecular formula is C25H17F3N4O5. The first-order valence-electron chi connectivity index (χ1n) is 10.6. The Kier molecular flexibility index (Phi) is 7.00. The van der Waals surface area contributed by atoms with Gasteiger partial charge in [0.2, 0.25) is 5.89 Å². The van der Waals surface area contributed by atoms with Crippen molar-refractivity contribution in [2.45, 2.75) is 13.1 Å². The minimum atomic E-state index is -5.08. The highest BCUT2D eigenvalue weighted by Gasteiger charge is 2.38. The van der Waals surface area contributed by atoms with Gasteiger partial charge in [-0.05, 0) is 49.4 Å². The average molecular weight is 510 g/mol. The first kappa shape index (κ1) is 25.1. The topological polar surface area (TPSA) is 131 Å². The Morgan fingerprint density at radius 3 is 2.43 bits per heavy atom. The Hall–Kier alpha value is -5.00. The first-order chi connectivity index (χ1) is 17.6. The van der Waals surface area contributed by atoms with Gasteiger partial charge < -0.3 is 19.4 Å². The molecule has 0 spiro atoms. The number of benzene rings is 2. The zero-order valence-corrected chi connectivity index (χ0v) is 19.0. The average Bonchev–Trinajstić information content (AvgIpc) is 3.52. The van der Waals surface area contributed by atoms with Crippen LogP contribution in [0.2, 0.25) is 0 Å². The van der Waals surface area contributed by atoms with Crippen molar-refractivity contribution in [1.29, 1.82) is 0 Å². The summed E-state index contributed by atoms with van der Waals surface area (Å²) in [6, 6.07) is 18.3. The molecule has 5 rings (SSSR count). The summed E-state index contributed by atoms with van der Waals surface area (Å²) in [5.74, 6) is -2.51. The van der Waals surface area contributed by atoms with E-state index in [1.54, 1.807) is 30.5 Å². The van der Waals surface area contributed by atoms with Crippen LogP contribution in [0.1, 0.15) is 16.1 Å². The summed E-state index contributed by atoms with van der Waals surface area (Å²) in [6.45, 7) is 1.84. The van der Waals surface area contributed by atoms with Crippen molar-refractivity contribution in [3.8, 4) is 22.8 Å². The predicted molar refractivity (Wildman–Crippen MR) is 126 cm³/mol. The highest BCUT2D eigenvalue weighted by molar-refractivity contribution is 6.07. The summed E-state index contributed by atoms with van der Waals surface area (Å²) in [4.78, 5) is 30.4. The normalized spacial score (nSPS) is 11.0. The molecule has 9 nitrogen and oxygen atoms in total. The molecule has 0 radical (unpaired) electrons. The number of carboxylic acids is 1. The number of alkyl halides is 3. The number of carboxylic acid groups (broad SMARTS) is 1. The monoisotopic (exact) mass is 510 g/mol. The van der Waals surface area contributed by atoms with Crippen LogP contribution in [0.15, 0.2) is 82.1 Å².